The molecule has 1 N–H and O–H groups in total. The SMILES string of the molecule is COc1cccc([C@H](C)NCc2ccc(C)cc2Cl)c1. The molecule has 0 saturated carbocycles. The second-order valence-corrected chi connectivity index (χ2v) is 5.38. The molecule has 0 aliphatic heterocycles. The number of nitrogens with one attached hydrogen (secondary N) is 1. The van der Waals surface area contributed by atoms with Gasteiger partial charge in [0, 0.05) is 17.6 Å². The van der Waals surface area contributed by atoms with Crippen molar-refractivity contribution in [3.05, 3.63) is 64.2 Å². The molecule has 0 bridgehead atoms. The molecular formula is C17H20ClNO. The fraction of sp³-hybridized carbons (Fsp3) is 0.294. The smallest absolute Gasteiger partial charge is 0.119 e. The van der Waals surface area contributed by atoms with Gasteiger partial charge in [-0.15, -0.1) is 0 Å². The van der Waals surface area contributed by atoms with Crippen molar-refractivity contribution in [3.63, 3.8) is 0 Å². The van der Waals surface area contributed by atoms with E-state index in [4.69, 9.17) is 16.3 Å². The molecule has 2 aromatic carbocycles. The van der Waals surface area contributed by atoms with Gasteiger partial charge in [0.15, 0.2) is 0 Å². The van der Waals surface area contributed by atoms with E-state index in [1.54, 1.807) is 7.11 Å². The molecule has 0 aliphatic carbocycles. The van der Waals surface area contributed by atoms with Gasteiger partial charge in [0.25, 0.3) is 0 Å². The first kappa shape index (κ1) is 14.9. The molecule has 0 radical (unpaired) electrons. The zero-order chi connectivity index (χ0) is 14.5. The zero-order valence-electron chi connectivity index (χ0n) is 12.1. The summed E-state index contributed by atoms with van der Waals surface area (Å²) >= 11 is 6.25. The van der Waals surface area contributed by atoms with E-state index < -0.39 is 0 Å². The summed E-state index contributed by atoms with van der Waals surface area (Å²) in [5.74, 6) is 0.879. The van der Waals surface area contributed by atoms with E-state index in [-0.39, 0.29) is 6.04 Å². The van der Waals surface area contributed by atoms with Crippen LogP contribution in [0.1, 0.15) is 29.7 Å². The van der Waals surface area contributed by atoms with Gasteiger partial charge in [-0.1, -0.05) is 35.9 Å². The van der Waals surface area contributed by atoms with E-state index >= 15 is 0 Å². The Hall–Kier alpha value is -1.51. The number of benzene rings is 2. The Kier molecular flexibility index (Phi) is 5.05. The van der Waals surface area contributed by atoms with Crippen LogP contribution >= 0.6 is 11.6 Å². The molecule has 0 spiro atoms. The molecule has 2 aromatic rings. The first-order valence-corrected chi connectivity index (χ1v) is 7.10. The van der Waals surface area contributed by atoms with Crippen molar-refractivity contribution in [2.75, 3.05) is 7.11 Å². The number of aryl methyl sites for hydroxylation is 1. The van der Waals surface area contributed by atoms with Crippen LogP contribution in [-0.2, 0) is 6.54 Å². The topological polar surface area (TPSA) is 21.3 Å². The highest BCUT2D eigenvalue weighted by Crippen LogP contribution is 2.21. The minimum Gasteiger partial charge on any atom is -0.497 e. The van der Waals surface area contributed by atoms with Crippen molar-refractivity contribution < 1.29 is 4.74 Å². The number of hydrogen-bond donors (Lipinski definition) is 1. The van der Waals surface area contributed by atoms with Crippen molar-refractivity contribution in [1.82, 2.24) is 5.32 Å². The Balaban J connectivity index is 2.02. The quantitative estimate of drug-likeness (QED) is 0.874. The maximum absolute atomic E-state index is 6.25. The lowest BCUT2D eigenvalue weighted by Crippen LogP contribution is -2.18. The Morgan fingerprint density at radius 3 is 2.70 bits per heavy atom. The van der Waals surface area contributed by atoms with Crippen LogP contribution in [0.3, 0.4) is 0 Å². The summed E-state index contributed by atoms with van der Waals surface area (Å²) in [5.41, 5.74) is 3.50. The molecule has 1 atom stereocenters. The monoisotopic (exact) mass is 289 g/mol. The van der Waals surface area contributed by atoms with Crippen LogP contribution in [0.15, 0.2) is 42.5 Å². The van der Waals surface area contributed by atoms with Crippen LogP contribution in [-0.4, -0.2) is 7.11 Å². The van der Waals surface area contributed by atoms with Crippen molar-refractivity contribution in [1.29, 1.82) is 0 Å². The molecular weight excluding hydrogens is 270 g/mol. The van der Waals surface area contributed by atoms with E-state index in [9.17, 15) is 0 Å². The Labute approximate surface area is 125 Å². The van der Waals surface area contributed by atoms with Gasteiger partial charge >= 0.3 is 0 Å². The fourth-order valence-electron chi connectivity index (χ4n) is 2.09. The predicted molar refractivity (Wildman–Crippen MR) is 84.4 cm³/mol. The van der Waals surface area contributed by atoms with Gasteiger partial charge in [-0.3, -0.25) is 0 Å². The zero-order valence-corrected chi connectivity index (χ0v) is 12.9. The van der Waals surface area contributed by atoms with Gasteiger partial charge in [0.1, 0.15) is 5.75 Å². The molecule has 0 aromatic heterocycles. The van der Waals surface area contributed by atoms with E-state index in [1.165, 1.54) is 11.1 Å². The van der Waals surface area contributed by atoms with Gasteiger partial charge < -0.3 is 10.1 Å². The van der Waals surface area contributed by atoms with Crippen LogP contribution in [0.5, 0.6) is 5.75 Å². The molecule has 2 rings (SSSR count). The minimum atomic E-state index is 0.238. The first-order valence-electron chi connectivity index (χ1n) is 6.72. The second kappa shape index (κ2) is 6.78. The highest BCUT2D eigenvalue weighted by atomic mass is 35.5. The van der Waals surface area contributed by atoms with Crippen molar-refractivity contribution in [2.24, 2.45) is 0 Å². The molecule has 0 amide bonds. The molecule has 0 fully saturated rings. The Morgan fingerprint density at radius 2 is 2.00 bits per heavy atom. The van der Waals surface area contributed by atoms with E-state index in [2.05, 4.69) is 36.5 Å². The summed E-state index contributed by atoms with van der Waals surface area (Å²) < 4.78 is 5.25. The number of methoxy groups -OCH3 is 1. The predicted octanol–water partition coefficient (Wildman–Crippen LogP) is 4.51. The molecule has 20 heavy (non-hydrogen) atoms. The third-order valence-corrected chi connectivity index (χ3v) is 3.75. The average molecular weight is 290 g/mol. The standard InChI is InChI=1S/C17H20ClNO/c1-12-7-8-15(17(18)9-12)11-19-13(2)14-5-4-6-16(10-14)20-3/h4-10,13,19H,11H2,1-3H3/t13-/m0/s1. The van der Waals surface area contributed by atoms with E-state index in [0.717, 1.165) is 22.9 Å². The lowest BCUT2D eigenvalue weighted by atomic mass is 10.1. The summed E-state index contributed by atoms with van der Waals surface area (Å²) in [4.78, 5) is 0. The lowest BCUT2D eigenvalue weighted by molar-refractivity contribution is 0.413. The summed E-state index contributed by atoms with van der Waals surface area (Å²) in [6.07, 6.45) is 0. The summed E-state index contributed by atoms with van der Waals surface area (Å²) in [5, 5.41) is 4.30. The van der Waals surface area contributed by atoms with E-state index in [0.29, 0.717) is 0 Å². The van der Waals surface area contributed by atoms with Gasteiger partial charge in [-0.25, -0.2) is 0 Å². The summed E-state index contributed by atoms with van der Waals surface area (Å²) in [6.45, 7) is 4.93. The van der Waals surface area contributed by atoms with Gasteiger partial charge in [-0.2, -0.15) is 0 Å². The highest BCUT2D eigenvalue weighted by Gasteiger charge is 2.07. The Morgan fingerprint density at radius 1 is 1.20 bits per heavy atom. The molecule has 0 unspecified atom stereocenters. The molecule has 0 aliphatic rings. The third kappa shape index (κ3) is 3.75. The molecule has 106 valence electrons. The molecule has 3 heteroatoms. The van der Waals surface area contributed by atoms with Crippen LogP contribution < -0.4 is 10.1 Å². The van der Waals surface area contributed by atoms with Crippen LogP contribution in [0.25, 0.3) is 0 Å². The number of halogens is 1. The lowest BCUT2D eigenvalue weighted by Gasteiger charge is -2.16. The van der Waals surface area contributed by atoms with Crippen molar-refractivity contribution in [3.8, 4) is 5.75 Å². The van der Waals surface area contributed by atoms with Gasteiger partial charge in [0.2, 0.25) is 0 Å². The maximum Gasteiger partial charge on any atom is 0.119 e. The number of hydrogen-bond acceptors (Lipinski definition) is 2. The second-order valence-electron chi connectivity index (χ2n) is 4.97. The first-order chi connectivity index (χ1) is 9.60. The van der Waals surface area contributed by atoms with Crippen LogP contribution in [0, 0.1) is 6.92 Å². The Bertz CT molecular complexity index is 583. The maximum atomic E-state index is 6.25. The average Bonchev–Trinajstić information content (AvgIpc) is 2.46. The van der Waals surface area contributed by atoms with Crippen LogP contribution in [0.4, 0.5) is 0 Å². The molecule has 0 heterocycles. The summed E-state index contributed by atoms with van der Waals surface area (Å²) in [6, 6.07) is 14.5. The summed E-state index contributed by atoms with van der Waals surface area (Å²) in [7, 11) is 1.68. The largest absolute Gasteiger partial charge is 0.497 e. The van der Waals surface area contributed by atoms with Crippen LogP contribution in [0.2, 0.25) is 5.02 Å². The highest BCUT2D eigenvalue weighted by molar-refractivity contribution is 6.31. The van der Waals surface area contributed by atoms with Gasteiger partial charge in [-0.05, 0) is 48.7 Å². The van der Waals surface area contributed by atoms with E-state index in [1.807, 2.05) is 25.1 Å². The number of rotatable bonds is 5. The fourth-order valence-corrected chi connectivity index (χ4v) is 2.39. The van der Waals surface area contributed by atoms with Crippen molar-refractivity contribution >= 4 is 11.6 Å². The minimum absolute atomic E-state index is 0.238. The van der Waals surface area contributed by atoms with Gasteiger partial charge in [0.05, 0.1) is 7.11 Å². The molecule has 0 saturated heterocycles. The normalized spacial score (nSPS) is 12.2. The molecule has 2 nitrogen and oxygen atoms in total. The third-order valence-electron chi connectivity index (χ3n) is 3.40. The van der Waals surface area contributed by atoms with Crippen molar-refractivity contribution in [2.45, 2.75) is 26.4 Å². The number of ether oxygens (including phenoxy) is 1.